The van der Waals surface area contributed by atoms with Crippen molar-refractivity contribution in [3.8, 4) is 0 Å². The van der Waals surface area contributed by atoms with Crippen molar-refractivity contribution in [1.82, 2.24) is 15.3 Å². The van der Waals surface area contributed by atoms with Crippen molar-refractivity contribution >= 4 is 11.9 Å². The molecule has 0 radical (unpaired) electrons. The van der Waals surface area contributed by atoms with Crippen molar-refractivity contribution in [2.45, 2.75) is 39.7 Å². The molecular weight excluding hydrogens is 312 g/mol. The van der Waals surface area contributed by atoms with Crippen LogP contribution in [-0.2, 0) is 24.2 Å². The molecule has 0 saturated carbocycles. The highest BCUT2D eigenvalue weighted by molar-refractivity contribution is 5.79. The van der Waals surface area contributed by atoms with Gasteiger partial charge in [-0.2, -0.15) is 0 Å². The molecule has 1 N–H and O–H groups in total. The average molecular weight is 338 g/mol. The Labute approximate surface area is 149 Å². The predicted molar refractivity (Wildman–Crippen MR) is 99.4 cm³/mol. The van der Waals surface area contributed by atoms with Crippen LogP contribution in [0.25, 0.3) is 0 Å². The fraction of sp³-hybridized carbons (Fsp3) is 0.450. The van der Waals surface area contributed by atoms with E-state index in [1.54, 1.807) is 0 Å². The summed E-state index contributed by atoms with van der Waals surface area (Å²) in [5, 5.41) is 3.06. The number of fused-ring (bicyclic) bond motifs is 1. The van der Waals surface area contributed by atoms with Crippen molar-refractivity contribution in [2.24, 2.45) is 5.92 Å². The standard InChI is InChI=1S/C20H26N4O/c1-3-24(4-2)20-22-14-17-12-16(10-11-18(17)23-20)19(25)21-13-15-8-6-5-7-9-15/h5-9,14,16H,3-4,10-13H2,1-2H3,(H,21,25)/t16-/m0/s1. The van der Waals surface area contributed by atoms with Crippen LogP contribution in [-0.4, -0.2) is 29.0 Å². The summed E-state index contributed by atoms with van der Waals surface area (Å²) in [4.78, 5) is 23.9. The summed E-state index contributed by atoms with van der Waals surface area (Å²) in [5.41, 5.74) is 3.34. The van der Waals surface area contributed by atoms with E-state index in [9.17, 15) is 4.79 Å². The lowest BCUT2D eigenvalue weighted by Gasteiger charge is -2.25. The number of aryl methyl sites for hydroxylation is 1. The van der Waals surface area contributed by atoms with Crippen molar-refractivity contribution in [3.05, 3.63) is 53.3 Å². The predicted octanol–water partition coefficient (Wildman–Crippen LogP) is 2.74. The van der Waals surface area contributed by atoms with E-state index in [1.807, 2.05) is 36.5 Å². The van der Waals surface area contributed by atoms with Gasteiger partial charge in [0.05, 0.1) is 0 Å². The number of aromatic nitrogens is 2. The molecule has 25 heavy (non-hydrogen) atoms. The van der Waals surface area contributed by atoms with Gasteiger partial charge in [-0.15, -0.1) is 0 Å². The Hall–Kier alpha value is -2.43. The van der Waals surface area contributed by atoms with Crippen molar-refractivity contribution in [2.75, 3.05) is 18.0 Å². The Balaban J connectivity index is 1.62. The fourth-order valence-corrected chi connectivity index (χ4v) is 3.31. The van der Waals surface area contributed by atoms with Gasteiger partial charge >= 0.3 is 0 Å². The molecule has 132 valence electrons. The van der Waals surface area contributed by atoms with Gasteiger partial charge in [-0.3, -0.25) is 4.79 Å². The van der Waals surface area contributed by atoms with Gasteiger partial charge in [0.1, 0.15) is 0 Å². The highest BCUT2D eigenvalue weighted by atomic mass is 16.1. The monoisotopic (exact) mass is 338 g/mol. The number of nitrogens with zero attached hydrogens (tertiary/aromatic N) is 3. The molecule has 1 aromatic heterocycles. The quantitative estimate of drug-likeness (QED) is 0.880. The Kier molecular flexibility index (Phi) is 5.64. The van der Waals surface area contributed by atoms with E-state index < -0.39 is 0 Å². The van der Waals surface area contributed by atoms with Crippen LogP contribution in [0, 0.1) is 5.92 Å². The minimum atomic E-state index is 0.0131. The summed E-state index contributed by atoms with van der Waals surface area (Å²) in [6.07, 6.45) is 4.33. The van der Waals surface area contributed by atoms with E-state index in [0.717, 1.165) is 55.1 Å². The molecule has 2 aromatic rings. The second-order valence-corrected chi connectivity index (χ2v) is 6.46. The zero-order valence-corrected chi connectivity index (χ0v) is 15.0. The van der Waals surface area contributed by atoms with Crippen LogP contribution in [0.2, 0.25) is 0 Å². The van der Waals surface area contributed by atoms with Gasteiger partial charge in [0.15, 0.2) is 0 Å². The van der Waals surface area contributed by atoms with Crippen molar-refractivity contribution in [3.63, 3.8) is 0 Å². The summed E-state index contributed by atoms with van der Waals surface area (Å²) in [5.74, 6) is 0.942. The third kappa shape index (κ3) is 4.16. The molecule has 0 spiro atoms. The van der Waals surface area contributed by atoms with Gasteiger partial charge < -0.3 is 10.2 Å². The maximum atomic E-state index is 12.5. The van der Waals surface area contributed by atoms with E-state index in [0.29, 0.717) is 6.54 Å². The average Bonchev–Trinajstić information content (AvgIpc) is 2.67. The Bertz CT molecular complexity index is 713. The van der Waals surface area contributed by atoms with Gasteiger partial charge in [0.2, 0.25) is 11.9 Å². The zero-order valence-electron chi connectivity index (χ0n) is 15.0. The van der Waals surface area contributed by atoms with Crippen molar-refractivity contribution < 1.29 is 4.79 Å². The number of rotatable bonds is 6. The first-order valence-corrected chi connectivity index (χ1v) is 9.12. The summed E-state index contributed by atoms with van der Waals surface area (Å²) in [6, 6.07) is 10.0. The second kappa shape index (κ2) is 8.10. The topological polar surface area (TPSA) is 58.1 Å². The molecule has 0 saturated heterocycles. The van der Waals surface area contributed by atoms with Crippen LogP contribution >= 0.6 is 0 Å². The van der Waals surface area contributed by atoms with Gasteiger partial charge in [-0.05, 0) is 44.2 Å². The number of hydrogen-bond donors (Lipinski definition) is 1. The molecular formula is C20H26N4O. The van der Waals surface area contributed by atoms with Crippen LogP contribution in [0.3, 0.4) is 0 Å². The molecule has 1 atom stereocenters. The molecule has 5 heteroatoms. The Morgan fingerprint density at radius 1 is 1.24 bits per heavy atom. The first-order valence-electron chi connectivity index (χ1n) is 9.12. The van der Waals surface area contributed by atoms with Gasteiger partial charge in [0.25, 0.3) is 0 Å². The van der Waals surface area contributed by atoms with Crippen LogP contribution in [0.1, 0.15) is 37.1 Å². The third-order valence-electron chi connectivity index (χ3n) is 4.86. The highest BCUT2D eigenvalue weighted by Gasteiger charge is 2.26. The zero-order chi connectivity index (χ0) is 17.6. The van der Waals surface area contributed by atoms with E-state index in [-0.39, 0.29) is 11.8 Å². The molecule has 1 amide bonds. The van der Waals surface area contributed by atoms with Crippen LogP contribution in [0.4, 0.5) is 5.95 Å². The van der Waals surface area contributed by atoms with E-state index in [1.165, 1.54) is 0 Å². The summed E-state index contributed by atoms with van der Waals surface area (Å²) in [6.45, 7) is 6.61. The van der Waals surface area contributed by atoms with Crippen LogP contribution in [0.5, 0.6) is 0 Å². The maximum Gasteiger partial charge on any atom is 0.225 e. The molecule has 1 aromatic carbocycles. The number of nitrogens with one attached hydrogen (secondary N) is 1. The maximum absolute atomic E-state index is 12.5. The normalized spacial score (nSPS) is 16.2. The number of carbonyl (C=O) groups is 1. The van der Waals surface area contributed by atoms with Crippen LogP contribution < -0.4 is 10.2 Å². The minimum Gasteiger partial charge on any atom is -0.352 e. The van der Waals surface area contributed by atoms with Gasteiger partial charge in [0, 0.05) is 37.4 Å². The lowest BCUT2D eigenvalue weighted by Crippen LogP contribution is -2.34. The van der Waals surface area contributed by atoms with E-state index in [2.05, 4.69) is 29.0 Å². The molecule has 5 nitrogen and oxygen atoms in total. The largest absolute Gasteiger partial charge is 0.352 e. The van der Waals surface area contributed by atoms with Gasteiger partial charge in [-0.25, -0.2) is 9.97 Å². The number of amides is 1. The molecule has 1 heterocycles. The lowest BCUT2D eigenvalue weighted by atomic mass is 9.86. The Morgan fingerprint density at radius 2 is 2.00 bits per heavy atom. The summed E-state index contributed by atoms with van der Waals surface area (Å²) >= 11 is 0. The summed E-state index contributed by atoms with van der Waals surface area (Å²) in [7, 11) is 0. The number of anilines is 1. The molecule has 3 rings (SSSR count). The second-order valence-electron chi connectivity index (χ2n) is 6.46. The highest BCUT2D eigenvalue weighted by Crippen LogP contribution is 2.25. The summed E-state index contributed by atoms with van der Waals surface area (Å²) < 4.78 is 0. The number of hydrogen-bond acceptors (Lipinski definition) is 4. The smallest absolute Gasteiger partial charge is 0.225 e. The molecule has 1 aliphatic carbocycles. The van der Waals surface area contributed by atoms with Crippen molar-refractivity contribution in [1.29, 1.82) is 0 Å². The van der Waals surface area contributed by atoms with Crippen LogP contribution in [0.15, 0.2) is 36.5 Å². The molecule has 0 aliphatic heterocycles. The first kappa shape index (κ1) is 17.4. The Morgan fingerprint density at radius 3 is 2.72 bits per heavy atom. The van der Waals surface area contributed by atoms with E-state index >= 15 is 0 Å². The molecule has 1 aliphatic rings. The number of carbonyl (C=O) groups excluding carboxylic acids is 1. The SMILES string of the molecule is CCN(CC)c1ncc2c(n1)CC[C@H](C(=O)NCc1ccccc1)C2. The number of benzene rings is 1. The third-order valence-corrected chi connectivity index (χ3v) is 4.86. The molecule has 0 fully saturated rings. The van der Waals surface area contributed by atoms with E-state index in [4.69, 9.17) is 4.98 Å². The fourth-order valence-electron chi connectivity index (χ4n) is 3.31. The molecule has 0 unspecified atom stereocenters. The minimum absolute atomic E-state index is 0.0131. The lowest BCUT2D eigenvalue weighted by molar-refractivity contribution is -0.125. The van der Waals surface area contributed by atoms with Gasteiger partial charge in [-0.1, -0.05) is 30.3 Å². The first-order chi connectivity index (χ1) is 12.2. The molecule has 0 bridgehead atoms.